The van der Waals surface area contributed by atoms with Gasteiger partial charge in [0, 0.05) is 6.26 Å². The molecule has 0 N–H and O–H groups in total. The predicted molar refractivity (Wildman–Crippen MR) is 75.5 cm³/mol. The van der Waals surface area contributed by atoms with Gasteiger partial charge in [0.15, 0.2) is 9.84 Å². The molecule has 2 aromatic rings. The van der Waals surface area contributed by atoms with Crippen molar-refractivity contribution in [1.29, 1.82) is 5.26 Å². The van der Waals surface area contributed by atoms with Crippen molar-refractivity contribution >= 4 is 9.84 Å². The van der Waals surface area contributed by atoms with E-state index in [1.54, 1.807) is 24.3 Å². The predicted octanol–water partition coefficient (Wildman–Crippen LogP) is 3.06. The lowest BCUT2D eigenvalue weighted by molar-refractivity contribution is 0.475. The summed E-state index contributed by atoms with van der Waals surface area (Å²) in [6, 6.07) is 13.5. The van der Waals surface area contributed by atoms with E-state index in [1.165, 1.54) is 12.1 Å². The number of benzene rings is 2. The van der Waals surface area contributed by atoms with Gasteiger partial charge in [-0.05, 0) is 36.8 Å². The highest BCUT2D eigenvalue weighted by Crippen LogP contribution is 2.29. The average molecular weight is 287 g/mol. The largest absolute Gasteiger partial charge is 0.456 e. The highest BCUT2D eigenvalue weighted by atomic mass is 32.2. The first-order valence-corrected chi connectivity index (χ1v) is 7.78. The number of ether oxygens (including phenoxy) is 1. The first kappa shape index (κ1) is 14.1. The summed E-state index contributed by atoms with van der Waals surface area (Å²) in [5, 5.41) is 9.08. The molecule has 4 nitrogen and oxygen atoms in total. The molecule has 2 aromatic carbocycles. The fraction of sp³-hybridized carbons (Fsp3) is 0.133. The van der Waals surface area contributed by atoms with Crippen LogP contribution in [0.5, 0.6) is 11.5 Å². The van der Waals surface area contributed by atoms with Crippen LogP contribution in [0.15, 0.2) is 47.4 Å². The normalized spacial score (nSPS) is 10.8. The van der Waals surface area contributed by atoms with E-state index in [1.807, 2.05) is 13.0 Å². The van der Waals surface area contributed by atoms with Gasteiger partial charge in [-0.3, -0.25) is 0 Å². The average Bonchev–Trinajstić information content (AvgIpc) is 2.40. The minimum Gasteiger partial charge on any atom is -0.456 e. The fourth-order valence-corrected chi connectivity index (χ4v) is 2.42. The maximum atomic E-state index is 11.5. The van der Waals surface area contributed by atoms with Gasteiger partial charge < -0.3 is 4.74 Å². The van der Waals surface area contributed by atoms with E-state index >= 15 is 0 Å². The van der Waals surface area contributed by atoms with Crippen LogP contribution in [0.4, 0.5) is 0 Å². The summed E-state index contributed by atoms with van der Waals surface area (Å²) >= 11 is 0. The Kier molecular flexibility index (Phi) is 3.77. The lowest BCUT2D eigenvalue weighted by Gasteiger charge is -2.11. The molecule has 0 unspecified atom stereocenters. The fourth-order valence-electron chi connectivity index (χ4n) is 1.76. The second kappa shape index (κ2) is 5.35. The molecule has 5 heteroatoms. The van der Waals surface area contributed by atoms with Gasteiger partial charge in [-0.15, -0.1) is 0 Å². The molecule has 0 bridgehead atoms. The van der Waals surface area contributed by atoms with Gasteiger partial charge >= 0.3 is 0 Å². The summed E-state index contributed by atoms with van der Waals surface area (Å²) < 4.78 is 28.7. The molecule has 0 amide bonds. The number of rotatable bonds is 3. The Balaban J connectivity index is 2.44. The van der Waals surface area contributed by atoms with Gasteiger partial charge in [0.2, 0.25) is 0 Å². The number of nitrogens with zero attached hydrogens (tertiary/aromatic N) is 1. The zero-order valence-electron chi connectivity index (χ0n) is 11.1. The van der Waals surface area contributed by atoms with Gasteiger partial charge in [0.25, 0.3) is 0 Å². The molecular formula is C15H13NO3S. The number of aryl methyl sites for hydroxylation is 1. The second-order valence-electron chi connectivity index (χ2n) is 4.41. The van der Waals surface area contributed by atoms with E-state index in [9.17, 15) is 8.42 Å². The second-order valence-corrected chi connectivity index (χ2v) is 6.43. The van der Waals surface area contributed by atoms with Crippen molar-refractivity contribution in [1.82, 2.24) is 0 Å². The molecule has 0 aliphatic rings. The van der Waals surface area contributed by atoms with Crippen molar-refractivity contribution in [3.8, 4) is 17.6 Å². The van der Waals surface area contributed by atoms with E-state index in [-0.39, 0.29) is 4.90 Å². The van der Waals surface area contributed by atoms with Gasteiger partial charge in [-0.2, -0.15) is 5.26 Å². The number of sulfone groups is 1. The minimum absolute atomic E-state index is 0.182. The van der Waals surface area contributed by atoms with E-state index in [4.69, 9.17) is 10.00 Å². The number of nitriles is 1. The van der Waals surface area contributed by atoms with E-state index in [2.05, 4.69) is 6.07 Å². The van der Waals surface area contributed by atoms with E-state index in [0.29, 0.717) is 17.1 Å². The smallest absolute Gasteiger partial charge is 0.175 e. The molecule has 0 aromatic heterocycles. The molecule has 0 radical (unpaired) electrons. The third kappa shape index (κ3) is 2.98. The molecule has 0 fully saturated rings. The zero-order chi connectivity index (χ0) is 14.8. The number of para-hydroxylation sites is 1. The molecule has 0 aliphatic heterocycles. The summed E-state index contributed by atoms with van der Waals surface area (Å²) in [7, 11) is -3.29. The van der Waals surface area contributed by atoms with Gasteiger partial charge in [-0.1, -0.05) is 18.2 Å². The van der Waals surface area contributed by atoms with Crippen molar-refractivity contribution in [3.63, 3.8) is 0 Å². The Morgan fingerprint density at radius 3 is 2.50 bits per heavy atom. The van der Waals surface area contributed by atoms with Crippen LogP contribution >= 0.6 is 0 Å². The topological polar surface area (TPSA) is 67.2 Å². The van der Waals surface area contributed by atoms with Crippen LogP contribution in [0.25, 0.3) is 0 Å². The van der Waals surface area contributed by atoms with Crippen molar-refractivity contribution in [3.05, 3.63) is 53.6 Å². The van der Waals surface area contributed by atoms with Crippen LogP contribution in [0.1, 0.15) is 11.1 Å². The van der Waals surface area contributed by atoms with Crippen molar-refractivity contribution < 1.29 is 13.2 Å². The minimum atomic E-state index is -3.29. The van der Waals surface area contributed by atoms with E-state index in [0.717, 1.165) is 11.8 Å². The molecule has 2 rings (SSSR count). The molecule has 0 saturated carbocycles. The number of hydrogen-bond donors (Lipinski definition) is 0. The lowest BCUT2D eigenvalue weighted by Crippen LogP contribution is -1.98. The molecule has 0 atom stereocenters. The quantitative estimate of drug-likeness (QED) is 0.870. The van der Waals surface area contributed by atoms with Crippen molar-refractivity contribution in [2.24, 2.45) is 0 Å². The van der Waals surface area contributed by atoms with Crippen LogP contribution in [0, 0.1) is 18.3 Å². The molecule has 20 heavy (non-hydrogen) atoms. The van der Waals surface area contributed by atoms with Crippen LogP contribution in [0.3, 0.4) is 0 Å². The highest BCUT2D eigenvalue weighted by Gasteiger charge is 2.11. The van der Waals surface area contributed by atoms with Gasteiger partial charge in [0.05, 0.1) is 10.5 Å². The third-order valence-electron chi connectivity index (χ3n) is 2.79. The summed E-state index contributed by atoms with van der Waals surface area (Å²) in [6.45, 7) is 1.83. The Morgan fingerprint density at radius 1 is 1.15 bits per heavy atom. The van der Waals surface area contributed by atoms with Gasteiger partial charge in [0.1, 0.15) is 17.6 Å². The Labute approximate surface area is 118 Å². The molecule has 0 aliphatic carbocycles. The van der Waals surface area contributed by atoms with E-state index < -0.39 is 9.84 Å². The SMILES string of the molecule is Cc1cccc(C#N)c1Oc1cccc(S(C)(=O)=O)c1. The third-order valence-corrected chi connectivity index (χ3v) is 3.90. The van der Waals surface area contributed by atoms with Crippen LogP contribution in [0.2, 0.25) is 0 Å². The lowest BCUT2D eigenvalue weighted by atomic mass is 10.1. The summed E-state index contributed by atoms with van der Waals surface area (Å²) in [4.78, 5) is 0.182. The molecular weight excluding hydrogens is 274 g/mol. The first-order chi connectivity index (χ1) is 9.41. The highest BCUT2D eigenvalue weighted by molar-refractivity contribution is 7.90. The molecule has 0 spiro atoms. The monoisotopic (exact) mass is 287 g/mol. The summed E-state index contributed by atoms with van der Waals surface area (Å²) in [5.41, 5.74) is 1.23. The van der Waals surface area contributed by atoms with Crippen molar-refractivity contribution in [2.45, 2.75) is 11.8 Å². The molecule has 0 saturated heterocycles. The maximum absolute atomic E-state index is 11.5. The van der Waals surface area contributed by atoms with Gasteiger partial charge in [-0.25, -0.2) is 8.42 Å². The van der Waals surface area contributed by atoms with Crippen LogP contribution in [-0.4, -0.2) is 14.7 Å². The molecule has 0 heterocycles. The van der Waals surface area contributed by atoms with Crippen LogP contribution < -0.4 is 4.74 Å². The first-order valence-electron chi connectivity index (χ1n) is 5.89. The standard InChI is InChI=1S/C15H13NO3S/c1-11-5-3-6-12(10-16)15(11)19-13-7-4-8-14(9-13)20(2,17)18/h3-9H,1-2H3. The number of hydrogen-bond acceptors (Lipinski definition) is 4. The maximum Gasteiger partial charge on any atom is 0.175 e. The van der Waals surface area contributed by atoms with Crippen molar-refractivity contribution in [2.75, 3.05) is 6.26 Å². The summed E-state index contributed by atoms with van der Waals surface area (Å²) in [6.07, 6.45) is 1.14. The molecule has 102 valence electrons. The Morgan fingerprint density at radius 2 is 1.85 bits per heavy atom. The Hall–Kier alpha value is -2.32. The summed E-state index contributed by atoms with van der Waals surface area (Å²) in [5.74, 6) is 0.833. The zero-order valence-corrected chi connectivity index (χ0v) is 11.9. The van der Waals surface area contributed by atoms with Crippen LogP contribution in [-0.2, 0) is 9.84 Å². The Bertz CT molecular complexity index is 789.